The van der Waals surface area contributed by atoms with Gasteiger partial charge in [0.05, 0.1) is 0 Å². The van der Waals surface area contributed by atoms with E-state index in [1.165, 1.54) is 0 Å². The maximum absolute atomic E-state index is 8.77. The van der Waals surface area contributed by atoms with E-state index in [9.17, 15) is 0 Å². The minimum absolute atomic E-state index is 0.0163. The molecule has 0 heterocycles. The summed E-state index contributed by atoms with van der Waals surface area (Å²) in [5, 5.41) is 17.5. The highest BCUT2D eigenvalue weighted by Crippen LogP contribution is 2.22. The van der Waals surface area contributed by atoms with E-state index in [-0.39, 0.29) is 18.6 Å². The molecule has 14 heavy (non-hydrogen) atoms. The summed E-state index contributed by atoms with van der Waals surface area (Å²) < 4.78 is 0. The second-order valence-electron chi connectivity index (χ2n) is 3.36. The van der Waals surface area contributed by atoms with Crippen molar-refractivity contribution in [3.8, 4) is 0 Å². The first-order valence-corrected chi connectivity index (χ1v) is 4.75. The molecule has 2 N–H and O–H groups in total. The highest BCUT2D eigenvalue weighted by Gasteiger charge is 2.18. The molecule has 1 rings (SSSR count). The topological polar surface area (TPSA) is 49.7 Å². The lowest BCUT2D eigenvalue weighted by Gasteiger charge is -2.20. The van der Waals surface area contributed by atoms with Gasteiger partial charge >= 0.3 is 0 Å². The first-order chi connectivity index (χ1) is 6.79. The molecule has 0 aliphatic carbocycles. The Labute approximate surface area is 83.9 Å². The van der Waals surface area contributed by atoms with Crippen LogP contribution in [-0.2, 0) is 4.89 Å². The maximum Gasteiger partial charge on any atom is 0.101 e. The highest BCUT2D eigenvalue weighted by molar-refractivity contribution is 5.19. The summed E-state index contributed by atoms with van der Waals surface area (Å²) >= 11 is 0. The largest absolute Gasteiger partial charge is 0.396 e. The van der Waals surface area contributed by atoms with Crippen LogP contribution in [-0.4, -0.2) is 23.1 Å². The molecule has 0 spiro atoms. The number of rotatable bonds is 5. The molecule has 0 saturated heterocycles. The van der Waals surface area contributed by atoms with Gasteiger partial charge in [0.25, 0.3) is 0 Å². The van der Waals surface area contributed by atoms with Crippen molar-refractivity contribution in [3.05, 3.63) is 35.9 Å². The van der Waals surface area contributed by atoms with Gasteiger partial charge in [0, 0.05) is 18.9 Å². The van der Waals surface area contributed by atoms with Crippen molar-refractivity contribution in [2.75, 3.05) is 6.61 Å². The van der Waals surface area contributed by atoms with Gasteiger partial charge in [-0.2, -0.15) is 0 Å². The van der Waals surface area contributed by atoms with E-state index in [4.69, 9.17) is 10.4 Å². The van der Waals surface area contributed by atoms with Crippen LogP contribution in [0.2, 0.25) is 0 Å². The quantitative estimate of drug-likeness (QED) is 0.559. The van der Waals surface area contributed by atoms with Crippen LogP contribution < -0.4 is 0 Å². The molecular weight excluding hydrogens is 180 g/mol. The van der Waals surface area contributed by atoms with E-state index in [1.54, 1.807) is 0 Å². The van der Waals surface area contributed by atoms with Crippen molar-refractivity contribution in [1.29, 1.82) is 0 Å². The predicted octanol–water partition coefficient (Wildman–Crippen LogP) is 2.03. The molecule has 2 atom stereocenters. The van der Waals surface area contributed by atoms with E-state index in [2.05, 4.69) is 4.89 Å². The fourth-order valence-electron chi connectivity index (χ4n) is 1.49. The molecule has 0 aromatic heterocycles. The smallest absolute Gasteiger partial charge is 0.101 e. The molecular formula is C11H16O3. The number of hydrogen-bond donors (Lipinski definition) is 2. The van der Waals surface area contributed by atoms with Crippen LogP contribution in [0.4, 0.5) is 0 Å². The normalized spacial score (nSPS) is 15.1. The third-order valence-electron chi connectivity index (χ3n) is 2.43. The Morgan fingerprint density at radius 1 is 1.29 bits per heavy atom. The van der Waals surface area contributed by atoms with Gasteiger partial charge in [0.2, 0.25) is 0 Å². The Bertz CT molecular complexity index is 248. The minimum atomic E-state index is -0.345. The van der Waals surface area contributed by atoms with Crippen molar-refractivity contribution in [3.63, 3.8) is 0 Å². The van der Waals surface area contributed by atoms with Gasteiger partial charge in [-0.15, -0.1) is 0 Å². The zero-order chi connectivity index (χ0) is 10.4. The Balaban J connectivity index is 2.67. The van der Waals surface area contributed by atoms with Crippen molar-refractivity contribution < 1.29 is 15.3 Å². The summed E-state index contributed by atoms with van der Waals surface area (Å²) in [4.78, 5) is 4.35. The van der Waals surface area contributed by atoms with Crippen molar-refractivity contribution in [2.45, 2.75) is 25.4 Å². The average molecular weight is 196 g/mol. The van der Waals surface area contributed by atoms with Gasteiger partial charge in [0.1, 0.15) is 6.10 Å². The van der Waals surface area contributed by atoms with Gasteiger partial charge in [-0.05, 0) is 5.56 Å². The van der Waals surface area contributed by atoms with Crippen LogP contribution in [0.15, 0.2) is 30.3 Å². The van der Waals surface area contributed by atoms with E-state index in [1.807, 2.05) is 37.3 Å². The van der Waals surface area contributed by atoms with Gasteiger partial charge in [0.15, 0.2) is 0 Å². The van der Waals surface area contributed by atoms with Gasteiger partial charge in [-0.25, -0.2) is 4.89 Å². The summed E-state index contributed by atoms with van der Waals surface area (Å²) in [5.41, 5.74) is 1.10. The Morgan fingerprint density at radius 2 is 1.93 bits per heavy atom. The fraction of sp³-hybridized carbons (Fsp3) is 0.455. The van der Waals surface area contributed by atoms with Crippen molar-refractivity contribution in [2.24, 2.45) is 0 Å². The number of aliphatic hydroxyl groups is 1. The molecule has 0 bridgehead atoms. The van der Waals surface area contributed by atoms with Crippen LogP contribution in [0.3, 0.4) is 0 Å². The number of hydrogen-bond acceptors (Lipinski definition) is 3. The van der Waals surface area contributed by atoms with Crippen LogP contribution in [0.1, 0.15) is 24.8 Å². The first-order valence-electron chi connectivity index (χ1n) is 4.75. The molecule has 1 aromatic carbocycles. The second-order valence-corrected chi connectivity index (χ2v) is 3.36. The molecule has 0 aliphatic rings. The number of aliphatic hydroxyl groups excluding tert-OH is 1. The second kappa shape index (κ2) is 5.75. The zero-order valence-electron chi connectivity index (χ0n) is 8.26. The zero-order valence-corrected chi connectivity index (χ0v) is 8.26. The van der Waals surface area contributed by atoms with Crippen LogP contribution in [0.25, 0.3) is 0 Å². The third-order valence-corrected chi connectivity index (χ3v) is 2.43. The van der Waals surface area contributed by atoms with E-state index >= 15 is 0 Å². The molecule has 0 fully saturated rings. The van der Waals surface area contributed by atoms with Crippen LogP contribution in [0.5, 0.6) is 0 Å². The number of benzene rings is 1. The lowest BCUT2D eigenvalue weighted by atomic mass is 9.94. The standard InChI is InChI=1S/C11H16O3/c1-9(11(14-13)7-8-12)10-5-3-2-4-6-10/h2-6,9,11-13H,7-8H2,1H3. The van der Waals surface area contributed by atoms with Gasteiger partial charge < -0.3 is 5.11 Å². The van der Waals surface area contributed by atoms with Gasteiger partial charge in [-0.3, -0.25) is 5.26 Å². The summed E-state index contributed by atoms with van der Waals surface area (Å²) in [7, 11) is 0. The van der Waals surface area contributed by atoms with E-state index in [0.717, 1.165) is 5.56 Å². The molecule has 3 nitrogen and oxygen atoms in total. The molecule has 1 aromatic rings. The van der Waals surface area contributed by atoms with E-state index < -0.39 is 0 Å². The van der Waals surface area contributed by atoms with Crippen LogP contribution >= 0.6 is 0 Å². The highest BCUT2D eigenvalue weighted by atomic mass is 17.1. The Morgan fingerprint density at radius 3 is 2.43 bits per heavy atom. The minimum Gasteiger partial charge on any atom is -0.396 e. The third kappa shape index (κ3) is 2.80. The van der Waals surface area contributed by atoms with Crippen molar-refractivity contribution >= 4 is 0 Å². The molecule has 78 valence electrons. The summed E-state index contributed by atoms with van der Waals surface area (Å²) in [6.07, 6.45) is 0.0921. The van der Waals surface area contributed by atoms with E-state index in [0.29, 0.717) is 6.42 Å². The fourth-order valence-corrected chi connectivity index (χ4v) is 1.49. The predicted molar refractivity (Wildman–Crippen MR) is 54.1 cm³/mol. The van der Waals surface area contributed by atoms with Gasteiger partial charge in [-0.1, -0.05) is 37.3 Å². The van der Waals surface area contributed by atoms with Crippen LogP contribution in [0, 0.1) is 0 Å². The Hall–Kier alpha value is -0.900. The monoisotopic (exact) mass is 196 g/mol. The van der Waals surface area contributed by atoms with Crippen molar-refractivity contribution in [1.82, 2.24) is 0 Å². The first kappa shape index (κ1) is 11.2. The summed E-state index contributed by atoms with van der Waals surface area (Å²) in [6.45, 7) is 1.98. The molecule has 2 unspecified atom stereocenters. The summed E-state index contributed by atoms with van der Waals surface area (Å²) in [6, 6.07) is 9.79. The molecule has 0 aliphatic heterocycles. The molecule has 3 heteroatoms. The Kier molecular flexibility index (Phi) is 4.59. The average Bonchev–Trinajstić information content (AvgIpc) is 2.26. The lowest BCUT2D eigenvalue weighted by Crippen LogP contribution is -2.20. The maximum atomic E-state index is 8.77. The molecule has 0 amide bonds. The lowest BCUT2D eigenvalue weighted by molar-refractivity contribution is -0.285. The summed E-state index contributed by atoms with van der Waals surface area (Å²) in [5.74, 6) is 0.0772. The SMILES string of the molecule is CC(c1ccccc1)C(CCO)OO. The molecule has 0 saturated carbocycles. The molecule has 0 radical (unpaired) electrons.